The van der Waals surface area contributed by atoms with E-state index in [4.69, 9.17) is 60.9 Å². The number of carbonyl (C=O) groups excluding carboxylic acids is 7. The minimum Gasteiger partial charge on any atom is -0.463 e. The van der Waals surface area contributed by atoms with E-state index < -0.39 is 125 Å². The largest absolute Gasteiger partial charge is 0.463 e. The molecule has 0 N–H and O–H groups in total. The summed E-state index contributed by atoms with van der Waals surface area (Å²) >= 11 is 0. The first-order chi connectivity index (χ1) is 29.0. The van der Waals surface area contributed by atoms with Crippen molar-refractivity contribution in [1.29, 1.82) is 0 Å². The van der Waals surface area contributed by atoms with Crippen molar-refractivity contribution in [2.24, 2.45) is 0 Å². The van der Waals surface area contributed by atoms with Crippen molar-refractivity contribution in [3.05, 3.63) is 71.8 Å². The van der Waals surface area contributed by atoms with Crippen LogP contribution in [-0.4, -0.2) is 116 Å². The minimum absolute atomic E-state index is 0.00513. The van der Waals surface area contributed by atoms with Crippen LogP contribution in [0.4, 0.5) is 0 Å². The van der Waals surface area contributed by atoms with Crippen LogP contribution in [0.5, 0.6) is 0 Å². The first-order valence-corrected chi connectivity index (χ1v) is 20.0. The van der Waals surface area contributed by atoms with Gasteiger partial charge < -0.3 is 56.4 Å². The Bertz CT molecular complexity index is 1750. The Morgan fingerprint density at radius 3 is 1.25 bits per heavy atom. The molecule has 0 saturated carbocycles. The Kier molecular flexibility index (Phi) is 19.0. The molecule has 2 saturated heterocycles. The number of ether oxygens (including phenoxy) is 10. The third-order valence-electron chi connectivity index (χ3n) is 8.43. The fourth-order valence-corrected chi connectivity index (χ4v) is 7.19. The number of benzene rings is 2. The number of hydrogen-bond acceptors (Lipinski definition) is 20. The van der Waals surface area contributed by atoms with E-state index in [1.54, 1.807) is 0 Å². The Hall–Kier alpha value is -5.08. The van der Waals surface area contributed by atoms with Gasteiger partial charge in [0, 0.05) is 48.5 Å². The van der Waals surface area contributed by atoms with E-state index in [2.05, 4.69) is 0 Å². The van der Waals surface area contributed by atoms with Crippen LogP contribution in [-0.2, 0) is 108 Å². The molecule has 0 aliphatic carbocycles. The highest BCUT2D eigenvalue weighted by Crippen LogP contribution is 2.46. The zero-order valence-corrected chi connectivity index (χ0v) is 35.4. The first-order valence-electron chi connectivity index (χ1n) is 18.9. The summed E-state index contributed by atoms with van der Waals surface area (Å²) in [5.74, 6) is -6.03. The summed E-state index contributed by atoms with van der Waals surface area (Å²) < 4.78 is 75.7. The van der Waals surface area contributed by atoms with Gasteiger partial charge in [0.15, 0.2) is 36.8 Å². The van der Waals surface area contributed by atoms with Crippen LogP contribution >= 0.6 is 8.60 Å². The topological polar surface area (TPSA) is 239 Å². The molecule has 10 atom stereocenters. The van der Waals surface area contributed by atoms with Gasteiger partial charge in [-0.2, -0.15) is 0 Å². The molecule has 2 heterocycles. The van der Waals surface area contributed by atoms with Gasteiger partial charge in [0.25, 0.3) is 0 Å². The van der Waals surface area contributed by atoms with E-state index in [1.807, 2.05) is 60.7 Å². The van der Waals surface area contributed by atoms with Gasteiger partial charge in [0.1, 0.15) is 31.5 Å². The Balaban J connectivity index is 1.79. The lowest BCUT2D eigenvalue weighted by atomic mass is 9.96. The van der Waals surface area contributed by atoms with Crippen molar-refractivity contribution in [1.82, 2.24) is 0 Å². The SMILES string of the molecule is CC(=O)OC[C@H]1O[C@@H](O[C@H]2[C@H](OC(C)=O)[C@@H](OC(C)=O)C(OP(OCc3ccccc3)OCc3ccccc3)O[C@@H]2COC(C)=O)[C@H](OC(C)=O)[C@@H](OC(C)=O)[C@H]1OC(C)=O. The third-order valence-corrected chi connectivity index (χ3v) is 9.49. The number of carbonyl (C=O) groups is 7. The molecule has 2 aliphatic heterocycles. The van der Waals surface area contributed by atoms with Crippen LogP contribution in [0.1, 0.15) is 59.6 Å². The third kappa shape index (κ3) is 15.7. The monoisotopic (exact) mass is 880 g/mol. The summed E-state index contributed by atoms with van der Waals surface area (Å²) in [5.41, 5.74) is 1.51. The Labute approximate surface area is 352 Å². The molecule has 0 amide bonds. The zero-order valence-electron chi connectivity index (χ0n) is 34.5. The van der Waals surface area contributed by atoms with Crippen LogP contribution in [0.15, 0.2) is 60.7 Å². The van der Waals surface area contributed by atoms with E-state index in [9.17, 15) is 33.6 Å². The molecule has 2 fully saturated rings. The van der Waals surface area contributed by atoms with Crippen molar-refractivity contribution in [3.8, 4) is 0 Å². The molecule has 0 bridgehead atoms. The van der Waals surface area contributed by atoms with E-state index >= 15 is 0 Å². The Morgan fingerprint density at radius 1 is 0.459 bits per heavy atom. The molecule has 334 valence electrons. The lowest BCUT2D eigenvalue weighted by Crippen LogP contribution is -2.67. The van der Waals surface area contributed by atoms with Gasteiger partial charge in [0.2, 0.25) is 6.29 Å². The lowest BCUT2D eigenvalue weighted by Gasteiger charge is -2.48. The molecule has 1 unspecified atom stereocenters. The van der Waals surface area contributed by atoms with E-state index in [1.165, 1.54) is 0 Å². The van der Waals surface area contributed by atoms with E-state index in [0.717, 1.165) is 59.6 Å². The molecule has 2 aromatic carbocycles. The van der Waals surface area contributed by atoms with Gasteiger partial charge in [0.05, 0.1) is 13.2 Å². The van der Waals surface area contributed by atoms with Gasteiger partial charge in [-0.25, -0.2) is 0 Å². The van der Waals surface area contributed by atoms with Crippen LogP contribution in [0.25, 0.3) is 0 Å². The highest BCUT2D eigenvalue weighted by atomic mass is 31.2. The summed E-state index contributed by atoms with van der Waals surface area (Å²) in [6, 6.07) is 18.1. The van der Waals surface area contributed by atoms with E-state index in [-0.39, 0.29) is 13.2 Å². The van der Waals surface area contributed by atoms with Crippen molar-refractivity contribution < 1.29 is 94.5 Å². The van der Waals surface area contributed by atoms with Gasteiger partial charge in [-0.15, -0.1) is 0 Å². The number of rotatable bonds is 19. The Morgan fingerprint density at radius 2 is 0.820 bits per heavy atom. The fourth-order valence-electron chi connectivity index (χ4n) is 6.14. The normalized spacial score (nSPS) is 26.0. The summed E-state index contributed by atoms with van der Waals surface area (Å²) in [6.45, 7) is 6.27. The van der Waals surface area contributed by atoms with Gasteiger partial charge in [-0.05, 0) is 11.1 Å². The van der Waals surface area contributed by atoms with Crippen LogP contribution in [0.2, 0.25) is 0 Å². The molecule has 4 rings (SSSR count). The molecule has 0 aromatic heterocycles. The average Bonchev–Trinajstić information content (AvgIpc) is 3.18. The molecule has 61 heavy (non-hydrogen) atoms. The molecule has 20 nitrogen and oxygen atoms in total. The molecule has 0 spiro atoms. The van der Waals surface area contributed by atoms with Crippen molar-refractivity contribution in [2.75, 3.05) is 13.2 Å². The average molecular weight is 881 g/mol. The second kappa shape index (κ2) is 23.8. The first kappa shape index (κ1) is 48.6. The second-order valence-corrected chi connectivity index (χ2v) is 14.7. The van der Waals surface area contributed by atoms with Crippen LogP contribution in [0.3, 0.4) is 0 Å². The molecule has 21 heteroatoms. The van der Waals surface area contributed by atoms with Crippen molar-refractivity contribution in [2.45, 2.75) is 123 Å². The minimum atomic E-state index is -2.37. The molecular formula is C40H49O20P. The predicted molar refractivity (Wildman–Crippen MR) is 204 cm³/mol. The van der Waals surface area contributed by atoms with Gasteiger partial charge in [-0.3, -0.25) is 38.1 Å². The van der Waals surface area contributed by atoms with E-state index in [0.29, 0.717) is 0 Å². The molecule has 2 aromatic rings. The van der Waals surface area contributed by atoms with Crippen molar-refractivity contribution >= 4 is 50.4 Å². The summed E-state index contributed by atoms with van der Waals surface area (Å²) in [4.78, 5) is 87.0. The van der Waals surface area contributed by atoms with Crippen LogP contribution in [0, 0.1) is 0 Å². The highest BCUT2D eigenvalue weighted by molar-refractivity contribution is 7.41. The summed E-state index contributed by atoms with van der Waals surface area (Å²) in [7, 11) is -2.37. The molecule has 2 aliphatic rings. The molecule has 0 radical (unpaired) electrons. The number of hydrogen-bond donors (Lipinski definition) is 0. The summed E-state index contributed by atoms with van der Waals surface area (Å²) in [5, 5.41) is 0. The highest BCUT2D eigenvalue weighted by Gasteiger charge is 2.58. The zero-order chi connectivity index (χ0) is 44.6. The van der Waals surface area contributed by atoms with Crippen LogP contribution < -0.4 is 0 Å². The van der Waals surface area contributed by atoms with Gasteiger partial charge in [-0.1, -0.05) is 60.7 Å². The maximum absolute atomic E-state index is 12.8. The fraction of sp³-hybridized carbons (Fsp3) is 0.525. The van der Waals surface area contributed by atoms with Gasteiger partial charge >= 0.3 is 50.4 Å². The number of esters is 7. The van der Waals surface area contributed by atoms with Crippen molar-refractivity contribution in [3.63, 3.8) is 0 Å². The maximum Gasteiger partial charge on any atom is 0.335 e. The predicted octanol–water partition coefficient (Wildman–Crippen LogP) is 3.28. The quantitative estimate of drug-likeness (QED) is 0.112. The molecular weight excluding hydrogens is 831 g/mol. The standard InChI is InChI=1S/C40H49O20P/c1-22(41)48-20-31-33(52-24(3)43)35(53-25(4)44)37(55-27(6)46)39(57-31)59-34-32(21-49-23(2)42)58-40(38(56-28(7)47)36(34)54-26(5)45)60-61(50-18-29-14-10-8-11-15-29)51-19-30-16-12-9-13-17-30/h8-17,31-40H,18-21H2,1-7H3/t31-,32-,33+,34-,35+,36+,37-,38-,39+,40?/m1/s1. The lowest BCUT2D eigenvalue weighted by molar-refractivity contribution is -0.355. The maximum atomic E-state index is 12.8. The summed E-state index contributed by atoms with van der Waals surface area (Å²) in [6.07, 6.45) is -16.4. The smallest absolute Gasteiger partial charge is 0.335 e. The second-order valence-electron chi connectivity index (χ2n) is 13.5.